The van der Waals surface area contributed by atoms with E-state index in [1.807, 2.05) is 6.07 Å². The summed E-state index contributed by atoms with van der Waals surface area (Å²) < 4.78 is 0. The van der Waals surface area contributed by atoms with Crippen molar-refractivity contribution in [2.24, 2.45) is 0 Å². The molecule has 0 fully saturated rings. The SMILES string of the molecule is N#Cc1ccc(C(=O)CCCC(=O)O)cc1. The van der Waals surface area contributed by atoms with Gasteiger partial charge in [0.15, 0.2) is 5.78 Å². The summed E-state index contributed by atoms with van der Waals surface area (Å²) in [6.07, 6.45) is 0.564. The van der Waals surface area contributed by atoms with Crippen molar-refractivity contribution in [2.75, 3.05) is 0 Å². The third kappa shape index (κ3) is 3.54. The summed E-state index contributed by atoms with van der Waals surface area (Å²) in [7, 11) is 0. The molecule has 0 spiro atoms. The number of carboxylic acid groups (broad SMARTS) is 1. The van der Waals surface area contributed by atoms with Gasteiger partial charge in [-0.1, -0.05) is 12.1 Å². The van der Waals surface area contributed by atoms with Crippen LogP contribution in [-0.4, -0.2) is 16.9 Å². The Morgan fingerprint density at radius 3 is 2.31 bits per heavy atom. The zero-order chi connectivity index (χ0) is 12.0. The maximum absolute atomic E-state index is 11.5. The lowest BCUT2D eigenvalue weighted by Crippen LogP contribution is -2.01. The van der Waals surface area contributed by atoms with Crippen molar-refractivity contribution in [3.05, 3.63) is 35.4 Å². The molecule has 0 radical (unpaired) electrons. The van der Waals surface area contributed by atoms with Crippen LogP contribution in [0.25, 0.3) is 0 Å². The van der Waals surface area contributed by atoms with Crippen LogP contribution >= 0.6 is 0 Å². The Morgan fingerprint density at radius 2 is 1.81 bits per heavy atom. The number of nitriles is 1. The number of rotatable bonds is 5. The fourth-order valence-electron chi connectivity index (χ4n) is 1.28. The number of carbonyl (C=O) groups is 2. The van der Waals surface area contributed by atoms with Crippen molar-refractivity contribution in [1.29, 1.82) is 5.26 Å². The standard InChI is InChI=1S/C12H11NO3/c13-8-9-4-6-10(7-5-9)11(14)2-1-3-12(15)16/h4-7H,1-3H2,(H,15,16). The minimum Gasteiger partial charge on any atom is -0.481 e. The van der Waals surface area contributed by atoms with Crippen LogP contribution in [0.5, 0.6) is 0 Å². The molecule has 0 aliphatic heterocycles. The first-order valence-electron chi connectivity index (χ1n) is 4.88. The van der Waals surface area contributed by atoms with Crippen LogP contribution in [-0.2, 0) is 4.79 Å². The Hall–Kier alpha value is -2.15. The van der Waals surface area contributed by atoms with Gasteiger partial charge in [0.25, 0.3) is 0 Å². The quantitative estimate of drug-likeness (QED) is 0.765. The van der Waals surface area contributed by atoms with Crippen molar-refractivity contribution in [3.8, 4) is 6.07 Å². The van der Waals surface area contributed by atoms with Gasteiger partial charge in [-0.2, -0.15) is 5.26 Å². The molecule has 0 unspecified atom stereocenters. The van der Waals surface area contributed by atoms with Crippen LogP contribution in [0.4, 0.5) is 0 Å². The van der Waals surface area contributed by atoms with Crippen molar-refractivity contribution in [2.45, 2.75) is 19.3 Å². The fourth-order valence-corrected chi connectivity index (χ4v) is 1.28. The Bertz CT molecular complexity index is 429. The van der Waals surface area contributed by atoms with Crippen molar-refractivity contribution < 1.29 is 14.7 Å². The van der Waals surface area contributed by atoms with E-state index in [0.29, 0.717) is 17.5 Å². The third-order valence-electron chi connectivity index (χ3n) is 2.13. The van der Waals surface area contributed by atoms with Gasteiger partial charge in [0, 0.05) is 18.4 Å². The Morgan fingerprint density at radius 1 is 1.19 bits per heavy atom. The molecule has 1 rings (SSSR count). The number of hydrogen-bond donors (Lipinski definition) is 1. The summed E-state index contributed by atoms with van der Waals surface area (Å²) >= 11 is 0. The fraction of sp³-hybridized carbons (Fsp3) is 0.250. The van der Waals surface area contributed by atoms with Gasteiger partial charge in [-0.25, -0.2) is 0 Å². The van der Waals surface area contributed by atoms with Gasteiger partial charge in [-0.15, -0.1) is 0 Å². The van der Waals surface area contributed by atoms with E-state index in [4.69, 9.17) is 10.4 Å². The molecule has 0 aliphatic rings. The molecule has 82 valence electrons. The van der Waals surface area contributed by atoms with E-state index >= 15 is 0 Å². The van der Waals surface area contributed by atoms with Gasteiger partial charge < -0.3 is 5.11 Å². The van der Waals surface area contributed by atoms with Crippen molar-refractivity contribution in [1.82, 2.24) is 0 Å². The molecule has 0 saturated heterocycles. The molecule has 0 atom stereocenters. The van der Waals surface area contributed by atoms with Gasteiger partial charge in [0.05, 0.1) is 11.6 Å². The number of ketones is 1. The predicted octanol–water partition coefficient (Wildman–Crippen LogP) is 2.00. The summed E-state index contributed by atoms with van der Waals surface area (Å²) in [6.45, 7) is 0. The van der Waals surface area contributed by atoms with Gasteiger partial charge in [-0.3, -0.25) is 9.59 Å². The smallest absolute Gasteiger partial charge is 0.303 e. The molecule has 4 nitrogen and oxygen atoms in total. The molecular formula is C12H11NO3. The number of hydrogen-bond acceptors (Lipinski definition) is 3. The minimum absolute atomic E-state index is 0.00200. The average Bonchev–Trinajstić information content (AvgIpc) is 2.28. The molecule has 0 aromatic heterocycles. The molecule has 1 aromatic carbocycles. The van der Waals surface area contributed by atoms with Crippen LogP contribution in [0, 0.1) is 11.3 Å². The second-order valence-corrected chi connectivity index (χ2v) is 3.36. The van der Waals surface area contributed by atoms with Gasteiger partial charge >= 0.3 is 5.97 Å². The average molecular weight is 217 g/mol. The number of carbonyl (C=O) groups excluding carboxylic acids is 1. The highest BCUT2D eigenvalue weighted by molar-refractivity contribution is 5.96. The lowest BCUT2D eigenvalue weighted by atomic mass is 10.0. The Labute approximate surface area is 93.1 Å². The zero-order valence-corrected chi connectivity index (χ0v) is 8.64. The monoisotopic (exact) mass is 217 g/mol. The van der Waals surface area contributed by atoms with Crippen LogP contribution < -0.4 is 0 Å². The third-order valence-corrected chi connectivity index (χ3v) is 2.13. The summed E-state index contributed by atoms with van der Waals surface area (Å²) in [6, 6.07) is 8.28. The minimum atomic E-state index is -0.896. The van der Waals surface area contributed by atoms with E-state index in [-0.39, 0.29) is 18.6 Å². The zero-order valence-electron chi connectivity index (χ0n) is 8.64. The Kier molecular flexibility index (Phi) is 4.22. The highest BCUT2D eigenvalue weighted by atomic mass is 16.4. The van der Waals surface area contributed by atoms with E-state index < -0.39 is 5.97 Å². The first-order valence-corrected chi connectivity index (χ1v) is 4.88. The number of aliphatic carboxylic acids is 1. The molecule has 4 heteroatoms. The summed E-state index contributed by atoms with van der Waals surface area (Å²) in [4.78, 5) is 21.8. The molecule has 1 aromatic rings. The molecule has 0 saturated carbocycles. The second-order valence-electron chi connectivity index (χ2n) is 3.36. The normalized spacial score (nSPS) is 9.44. The molecule has 1 N–H and O–H groups in total. The number of Topliss-reactive ketones (excluding diaryl/α,β-unsaturated/α-hetero) is 1. The van der Waals surface area contributed by atoms with E-state index in [0.717, 1.165) is 0 Å². The van der Waals surface area contributed by atoms with E-state index in [1.54, 1.807) is 24.3 Å². The first kappa shape index (κ1) is 11.9. The number of carboxylic acids is 1. The second kappa shape index (κ2) is 5.66. The highest BCUT2D eigenvalue weighted by Crippen LogP contribution is 2.08. The number of nitrogens with zero attached hydrogens (tertiary/aromatic N) is 1. The molecule has 0 heterocycles. The topological polar surface area (TPSA) is 78.2 Å². The summed E-state index contributed by atoms with van der Waals surface area (Å²) in [5.74, 6) is -0.988. The predicted molar refractivity (Wildman–Crippen MR) is 57.0 cm³/mol. The van der Waals surface area contributed by atoms with Crippen LogP contribution in [0.1, 0.15) is 35.2 Å². The lowest BCUT2D eigenvalue weighted by molar-refractivity contribution is -0.137. The van der Waals surface area contributed by atoms with E-state index in [9.17, 15) is 9.59 Å². The molecule has 0 aliphatic carbocycles. The summed E-state index contributed by atoms with van der Waals surface area (Å²) in [5.41, 5.74) is 1.02. The largest absolute Gasteiger partial charge is 0.481 e. The van der Waals surface area contributed by atoms with Crippen molar-refractivity contribution >= 4 is 11.8 Å². The summed E-state index contributed by atoms with van der Waals surface area (Å²) in [5, 5.41) is 17.0. The first-order chi connectivity index (χ1) is 7.63. The lowest BCUT2D eigenvalue weighted by Gasteiger charge is -1.99. The van der Waals surface area contributed by atoms with Gasteiger partial charge in [0.2, 0.25) is 0 Å². The van der Waals surface area contributed by atoms with Crippen LogP contribution in [0.3, 0.4) is 0 Å². The van der Waals surface area contributed by atoms with Gasteiger partial charge in [0.1, 0.15) is 0 Å². The molecule has 0 bridgehead atoms. The van der Waals surface area contributed by atoms with Gasteiger partial charge in [-0.05, 0) is 18.6 Å². The Balaban J connectivity index is 2.53. The maximum Gasteiger partial charge on any atom is 0.303 e. The molecular weight excluding hydrogens is 206 g/mol. The highest BCUT2D eigenvalue weighted by Gasteiger charge is 2.06. The van der Waals surface area contributed by atoms with Crippen LogP contribution in [0.15, 0.2) is 24.3 Å². The maximum atomic E-state index is 11.5. The molecule has 0 amide bonds. The molecule has 16 heavy (non-hydrogen) atoms. The van der Waals surface area contributed by atoms with E-state index in [2.05, 4.69) is 0 Å². The van der Waals surface area contributed by atoms with E-state index in [1.165, 1.54) is 0 Å². The van der Waals surface area contributed by atoms with Crippen LogP contribution in [0.2, 0.25) is 0 Å². The van der Waals surface area contributed by atoms with Crippen molar-refractivity contribution in [3.63, 3.8) is 0 Å². The number of benzene rings is 1.